The highest BCUT2D eigenvalue weighted by Crippen LogP contribution is 2.57. The monoisotopic (exact) mass is 425 g/mol. The molecule has 2 N–H and O–H groups in total. The Hall–Kier alpha value is -2.08. The lowest BCUT2D eigenvalue weighted by Crippen LogP contribution is -2.69. The summed E-state index contributed by atoms with van der Waals surface area (Å²) in [6, 6.07) is 8.30. The van der Waals surface area contributed by atoms with Crippen LogP contribution in [-0.2, 0) is 22.6 Å². The average molecular weight is 426 g/mol. The number of nitrogens with one attached hydrogen (secondary N) is 2. The Kier molecular flexibility index (Phi) is 4.85. The van der Waals surface area contributed by atoms with Crippen LogP contribution in [0.25, 0.3) is 0 Å². The fourth-order valence-corrected chi connectivity index (χ4v) is 7.02. The van der Waals surface area contributed by atoms with Gasteiger partial charge in [0, 0.05) is 24.2 Å². The standard InChI is InChI=1S/C25H35N3O3/c1-23(2,3)31-22(30)27-25-11-17-8-18(12-25)10-24(9-17,16-25)26-13-21(29)28-14-19-6-4-5-7-20(19)15-28/h4-7,17-18,26H,8-16H2,1-3H3,(H,27,30). The van der Waals surface area contributed by atoms with E-state index in [2.05, 4.69) is 22.8 Å². The van der Waals surface area contributed by atoms with E-state index in [1.807, 2.05) is 37.8 Å². The first-order chi connectivity index (χ1) is 14.6. The van der Waals surface area contributed by atoms with Gasteiger partial charge in [-0.05, 0) is 82.3 Å². The molecule has 1 heterocycles. The summed E-state index contributed by atoms with van der Waals surface area (Å²) in [5.74, 6) is 1.38. The maximum Gasteiger partial charge on any atom is 0.408 e. The van der Waals surface area contributed by atoms with E-state index in [0.29, 0.717) is 31.5 Å². The Labute approximate surface area is 185 Å². The van der Waals surface area contributed by atoms with Gasteiger partial charge in [-0.2, -0.15) is 0 Å². The molecule has 1 aromatic carbocycles. The van der Waals surface area contributed by atoms with Gasteiger partial charge >= 0.3 is 6.09 Å². The van der Waals surface area contributed by atoms with Crippen LogP contribution < -0.4 is 10.6 Å². The van der Waals surface area contributed by atoms with Crippen LogP contribution >= 0.6 is 0 Å². The van der Waals surface area contributed by atoms with E-state index in [0.717, 1.165) is 32.1 Å². The van der Waals surface area contributed by atoms with Crippen molar-refractivity contribution in [2.75, 3.05) is 6.54 Å². The lowest BCUT2D eigenvalue weighted by Gasteiger charge is -2.62. The van der Waals surface area contributed by atoms with Gasteiger partial charge in [-0.1, -0.05) is 24.3 Å². The molecule has 2 amide bonds. The Morgan fingerprint density at radius 3 is 2.19 bits per heavy atom. The molecule has 0 saturated heterocycles. The van der Waals surface area contributed by atoms with E-state index in [1.54, 1.807) is 0 Å². The Morgan fingerprint density at radius 1 is 1.03 bits per heavy atom. The van der Waals surface area contributed by atoms with Gasteiger partial charge in [0.25, 0.3) is 0 Å². The van der Waals surface area contributed by atoms with Crippen LogP contribution in [0.4, 0.5) is 4.79 Å². The molecule has 2 atom stereocenters. The molecular formula is C25H35N3O3. The number of rotatable bonds is 4. The third-order valence-electron chi connectivity index (χ3n) is 7.64. The maximum atomic E-state index is 13.0. The summed E-state index contributed by atoms with van der Waals surface area (Å²) in [4.78, 5) is 27.5. The number of amides is 2. The third-order valence-corrected chi connectivity index (χ3v) is 7.64. The second kappa shape index (κ2) is 7.22. The van der Waals surface area contributed by atoms with Crippen molar-refractivity contribution in [2.45, 2.75) is 89.1 Å². The predicted molar refractivity (Wildman–Crippen MR) is 118 cm³/mol. The van der Waals surface area contributed by atoms with Crippen LogP contribution in [0.15, 0.2) is 24.3 Å². The summed E-state index contributed by atoms with van der Waals surface area (Å²) in [6.07, 6.45) is 6.10. The second-order valence-corrected chi connectivity index (χ2v) is 11.5. The molecule has 168 valence electrons. The molecule has 4 bridgehead atoms. The SMILES string of the molecule is CC(C)(C)OC(=O)NC12CC3CC(CC(NCC(=O)N4Cc5ccccc5C4)(C3)C1)C2. The van der Waals surface area contributed by atoms with Crippen molar-refractivity contribution in [2.24, 2.45) is 11.8 Å². The number of carbonyl (C=O) groups excluding carboxylic acids is 2. The zero-order chi connectivity index (χ0) is 21.9. The first kappa shape index (κ1) is 20.8. The van der Waals surface area contributed by atoms with Crippen LogP contribution in [0.1, 0.15) is 70.4 Å². The molecule has 6 nitrogen and oxygen atoms in total. The van der Waals surface area contributed by atoms with Crippen LogP contribution in [0.3, 0.4) is 0 Å². The minimum atomic E-state index is -0.498. The summed E-state index contributed by atoms with van der Waals surface area (Å²) in [5.41, 5.74) is 1.76. The van der Waals surface area contributed by atoms with E-state index in [1.165, 1.54) is 17.5 Å². The zero-order valence-electron chi connectivity index (χ0n) is 19.0. The number of ether oxygens (including phenoxy) is 1. The smallest absolute Gasteiger partial charge is 0.408 e. The maximum absolute atomic E-state index is 13.0. The van der Waals surface area contributed by atoms with E-state index in [-0.39, 0.29) is 23.1 Å². The molecular weight excluding hydrogens is 390 g/mol. The molecule has 4 fully saturated rings. The summed E-state index contributed by atoms with van der Waals surface area (Å²) in [6.45, 7) is 7.49. The predicted octanol–water partition coefficient (Wildman–Crippen LogP) is 3.73. The quantitative estimate of drug-likeness (QED) is 0.771. The van der Waals surface area contributed by atoms with Gasteiger partial charge < -0.3 is 20.3 Å². The van der Waals surface area contributed by atoms with Crippen molar-refractivity contribution < 1.29 is 14.3 Å². The van der Waals surface area contributed by atoms with Gasteiger partial charge in [-0.15, -0.1) is 0 Å². The highest BCUT2D eigenvalue weighted by Gasteiger charge is 2.58. The molecule has 4 saturated carbocycles. The van der Waals surface area contributed by atoms with Crippen LogP contribution in [0, 0.1) is 11.8 Å². The molecule has 0 spiro atoms. The highest BCUT2D eigenvalue weighted by atomic mass is 16.6. The summed E-state index contributed by atoms with van der Waals surface area (Å²) >= 11 is 0. The molecule has 6 heteroatoms. The fourth-order valence-electron chi connectivity index (χ4n) is 7.02. The molecule has 0 aromatic heterocycles. The summed E-state index contributed by atoms with van der Waals surface area (Å²) in [7, 11) is 0. The molecule has 1 aliphatic heterocycles. The van der Waals surface area contributed by atoms with E-state index in [4.69, 9.17) is 4.74 Å². The average Bonchev–Trinajstić information content (AvgIpc) is 3.07. The van der Waals surface area contributed by atoms with Crippen molar-refractivity contribution >= 4 is 12.0 Å². The van der Waals surface area contributed by atoms with Crippen LogP contribution in [0.5, 0.6) is 0 Å². The van der Waals surface area contributed by atoms with Crippen molar-refractivity contribution in [1.29, 1.82) is 0 Å². The molecule has 4 aliphatic carbocycles. The van der Waals surface area contributed by atoms with Crippen molar-refractivity contribution in [1.82, 2.24) is 15.5 Å². The largest absolute Gasteiger partial charge is 0.444 e. The number of hydrogen-bond donors (Lipinski definition) is 2. The third kappa shape index (κ3) is 4.19. The Morgan fingerprint density at radius 2 is 1.61 bits per heavy atom. The van der Waals surface area contributed by atoms with E-state index in [9.17, 15) is 9.59 Å². The summed E-state index contributed by atoms with van der Waals surface area (Å²) in [5, 5.41) is 6.96. The minimum Gasteiger partial charge on any atom is -0.444 e. The lowest BCUT2D eigenvalue weighted by molar-refractivity contribution is -0.132. The van der Waals surface area contributed by atoms with Gasteiger partial charge in [-0.25, -0.2) is 4.79 Å². The van der Waals surface area contributed by atoms with Gasteiger partial charge in [0.2, 0.25) is 5.91 Å². The Bertz CT molecular complexity index is 851. The molecule has 6 rings (SSSR count). The van der Waals surface area contributed by atoms with Gasteiger partial charge in [-0.3, -0.25) is 4.79 Å². The molecule has 5 aliphatic rings. The number of nitrogens with zero attached hydrogens (tertiary/aromatic N) is 1. The Balaban J connectivity index is 1.24. The molecule has 2 unspecified atom stereocenters. The van der Waals surface area contributed by atoms with Crippen molar-refractivity contribution in [3.05, 3.63) is 35.4 Å². The zero-order valence-corrected chi connectivity index (χ0v) is 19.0. The number of benzene rings is 1. The van der Waals surface area contributed by atoms with Crippen molar-refractivity contribution in [3.63, 3.8) is 0 Å². The van der Waals surface area contributed by atoms with Gasteiger partial charge in [0.1, 0.15) is 5.60 Å². The topological polar surface area (TPSA) is 70.7 Å². The molecule has 0 radical (unpaired) electrons. The second-order valence-electron chi connectivity index (χ2n) is 11.5. The van der Waals surface area contributed by atoms with Gasteiger partial charge in [0.05, 0.1) is 6.54 Å². The fraction of sp³-hybridized carbons (Fsp3) is 0.680. The van der Waals surface area contributed by atoms with Crippen molar-refractivity contribution in [3.8, 4) is 0 Å². The van der Waals surface area contributed by atoms with E-state index >= 15 is 0 Å². The van der Waals surface area contributed by atoms with E-state index < -0.39 is 5.60 Å². The van der Waals surface area contributed by atoms with Crippen LogP contribution in [-0.4, -0.2) is 40.1 Å². The number of alkyl carbamates (subject to hydrolysis) is 1. The van der Waals surface area contributed by atoms with Crippen LogP contribution in [0.2, 0.25) is 0 Å². The molecule has 1 aromatic rings. The number of carbonyl (C=O) groups is 2. The summed E-state index contributed by atoms with van der Waals surface area (Å²) < 4.78 is 5.57. The minimum absolute atomic E-state index is 0.0542. The first-order valence-electron chi connectivity index (χ1n) is 11.7. The number of fused-ring (bicyclic) bond motifs is 1. The van der Waals surface area contributed by atoms with Gasteiger partial charge in [0.15, 0.2) is 0 Å². The molecule has 31 heavy (non-hydrogen) atoms. The normalized spacial score (nSPS) is 33.3. The lowest BCUT2D eigenvalue weighted by atomic mass is 9.50. The number of hydrogen-bond acceptors (Lipinski definition) is 4. The highest BCUT2D eigenvalue weighted by molar-refractivity contribution is 5.79. The first-order valence-corrected chi connectivity index (χ1v) is 11.7.